The van der Waals surface area contributed by atoms with E-state index in [0.717, 1.165) is 16.3 Å². The van der Waals surface area contributed by atoms with Gasteiger partial charge in [0.1, 0.15) is 0 Å². The van der Waals surface area contributed by atoms with Crippen molar-refractivity contribution >= 4 is 11.3 Å². The van der Waals surface area contributed by atoms with Gasteiger partial charge < -0.3 is 5.11 Å². The molecule has 2 aromatic heterocycles. The standard InChI is InChI=1S/C15H21N3OS/c1-11-15(20-10-16-11)14(19)9-12-7-8-18(17-12)13-5-3-2-4-6-13/h7-8,10,13-14,19H,2-6,9H2,1H3. The van der Waals surface area contributed by atoms with Gasteiger partial charge >= 0.3 is 0 Å². The van der Waals surface area contributed by atoms with Gasteiger partial charge in [-0.05, 0) is 25.8 Å². The average molecular weight is 291 g/mol. The van der Waals surface area contributed by atoms with Crippen LogP contribution in [0.15, 0.2) is 17.8 Å². The van der Waals surface area contributed by atoms with E-state index in [2.05, 4.69) is 21.0 Å². The van der Waals surface area contributed by atoms with Crippen LogP contribution < -0.4 is 0 Å². The lowest BCUT2D eigenvalue weighted by atomic mass is 9.96. The molecule has 1 aliphatic carbocycles. The van der Waals surface area contributed by atoms with Crippen LogP contribution in [-0.4, -0.2) is 19.9 Å². The lowest BCUT2D eigenvalue weighted by molar-refractivity contribution is 0.179. The quantitative estimate of drug-likeness (QED) is 0.939. The summed E-state index contributed by atoms with van der Waals surface area (Å²) in [5.74, 6) is 0. The molecule has 1 unspecified atom stereocenters. The van der Waals surface area contributed by atoms with Crippen LogP contribution in [0.3, 0.4) is 0 Å². The summed E-state index contributed by atoms with van der Waals surface area (Å²) in [5, 5.41) is 14.9. The lowest BCUT2D eigenvalue weighted by Crippen LogP contribution is -2.13. The first-order chi connectivity index (χ1) is 9.74. The van der Waals surface area contributed by atoms with Gasteiger partial charge in [-0.3, -0.25) is 4.68 Å². The van der Waals surface area contributed by atoms with Crippen LogP contribution in [0.4, 0.5) is 0 Å². The Morgan fingerprint density at radius 3 is 2.90 bits per heavy atom. The van der Waals surface area contributed by atoms with Crippen molar-refractivity contribution in [3.05, 3.63) is 34.0 Å². The molecule has 1 N–H and O–H groups in total. The van der Waals surface area contributed by atoms with Crippen LogP contribution >= 0.6 is 11.3 Å². The second-order valence-corrected chi connectivity index (χ2v) is 6.49. The highest BCUT2D eigenvalue weighted by Crippen LogP contribution is 2.28. The van der Waals surface area contributed by atoms with Crippen molar-refractivity contribution < 1.29 is 5.11 Å². The molecule has 108 valence electrons. The van der Waals surface area contributed by atoms with Crippen LogP contribution in [0.25, 0.3) is 0 Å². The van der Waals surface area contributed by atoms with Gasteiger partial charge in [0.2, 0.25) is 0 Å². The molecule has 0 aromatic carbocycles. The van der Waals surface area contributed by atoms with Crippen molar-refractivity contribution in [1.82, 2.24) is 14.8 Å². The second-order valence-electron chi connectivity index (χ2n) is 5.60. The van der Waals surface area contributed by atoms with E-state index < -0.39 is 6.10 Å². The Morgan fingerprint density at radius 2 is 2.20 bits per heavy atom. The third-order valence-electron chi connectivity index (χ3n) is 4.10. The number of nitrogens with zero attached hydrogens (tertiary/aromatic N) is 3. The van der Waals surface area contributed by atoms with Gasteiger partial charge in [-0.2, -0.15) is 5.10 Å². The minimum atomic E-state index is -0.489. The molecule has 1 fully saturated rings. The normalized spacial score (nSPS) is 18.3. The summed E-state index contributed by atoms with van der Waals surface area (Å²) in [6, 6.07) is 2.59. The number of aryl methyl sites for hydroxylation is 1. The Morgan fingerprint density at radius 1 is 1.40 bits per heavy atom. The molecule has 2 aromatic rings. The molecule has 4 nitrogen and oxygen atoms in total. The van der Waals surface area contributed by atoms with E-state index in [4.69, 9.17) is 0 Å². The maximum atomic E-state index is 10.3. The molecule has 2 heterocycles. The Labute approximate surface area is 123 Å². The van der Waals surface area contributed by atoms with Crippen LogP contribution in [-0.2, 0) is 6.42 Å². The minimum absolute atomic E-state index is 0.489. The van der Waals surface area contributed by atoms with E-state index >= 15 is 0 Å². The predicted molar refractivity (Wildman–Crippen MR) is 79.9 cm³/mol. The topological polar surface area (TPSA) is 50.9 Å². The molecule has 3 rings (SSSR count). The van der Waals surface area contributed by atoms with Crippen molar-refractivity contribution in [3.63, 3.8) is 0 Å². The number of rotatable bonds is 4. The zero-order valence-corrected chi connectivity index (χ0v) is 12.6. The molecule has 1 atom stereocenters. The fourth-order valence-corrected chi connectivity index (χ4v) is 3.74. The summed E-state index contributed by atoms with van der Waals surface area (Å²) in [5.41, 5.74) is 3.68. The highest BCUT2D eigenvalue weighted by atomic mass is 32.1. The van der Waals surface area contributed by atoms with Gasteiger partial charge in [-0.1, -0.05) is 19.3 Å². The van der Waals surface area contributed by atoms with Crippen molar-refractivity contribution in [2.75, 3.05) is 0 Å². The number of thiazole rings is 1. The number of aliphatic hydroxyl groups is 1. The molecule has 0 saturated heterocycles. The van der Waals surface area contributed by atoms with Gasteiger partial charge in [-0.15, -0.1) is 11.3 Å². The molecule has 20 heavy (non-hydrogen) atoms. The van der Waals surface area contributed by atoms with Gasteiger partial charge in [0.25, 0.3) is 0 Å². The smallest absolute Gasteiger partial charge is 0.0956 e. The summed E-state index contributed by atoms with van der Waals surface area (Å²) in [6.07, 6.45) is 8.59. The third kappa shape index (κ3) is 2.94. The van der Waals surface area contributed by atoms with Gasteiger partial charge in [0, 0.05) is 12.6 Å². The molecule has 0 bridgehead atoms. The fourth-order valence-electron chi connectivity index (χ4n) is 2.96. The molecule has 1 saturated carbocycles. The summed E-state index contributed by atoms with van der Waals surface area (Å²) in [7, 11) is 0. The second kappa shape index (κ2) is 6.06. The first-order valence-electron chi connectivity index (χ1n) is 7.36. The maximum absolute atomic E-state index is 10.3. The maximum Gasteiger partial charge on any atom is 0.0956 e. The summed E-state index contributed by atoms with van der Waals surface area (Å²) >= 11 is 1.52. The number of hydrogen-bond acceptors (Lipinski definition) is 4. The summed E-state index contributed by atoms with van der Waals surface area (Å²) in [6.45, 7) is 1.94. The van der Waals surface area contributed by atoms with E-state index in [9.17, 15) is 5.11 Å². The van der Waals surface area contributed by atoms with Gasteiger partial charge in [0.15, 0.2) is 0 Å². The third-order valence-corrected chi connectivity index (χ3v) is 5.13. The largest absolute Gasteiger partial charge is 0.387 e. The van der Waals surface area contributed by atoms with Gasteiger partial charge in [-0.25, -0.2) is 4.98 Å². The van der Waals surface area contributed by atoms with E-state index in [1.54, 1.807) is 5.51 Å². The first-order valence-corrected chi connectivity index (χ1v) is 8.24. The van der Waals surface area contributed by atoms with Crippen molar-refractivity contribution in [3.8, 4) is 0 Å². The van der Waals surface area contributed by atoms with E-state index in [-0.39, 0.29) is 0 Å². The van der Waals surface area contributed by atoms with Crippen LogP contribution in [0.5, 0.6) is 0 Å². The molecule has 0 aliphatic heterocycles. The molecule has 1 aliphatic rings. The van der Waals surface area contributed by atoms with Crippen LogP contribution in [0.2, 0.25) is 0 Å². The Bertz CT molecular complexity index is 557. The molecule has 0 spiro atoms. The molecule has 0 amide bonds. The first kappa shape index (κ1) is 13.8. The fraction of sp³-hybridized carbons (Fsp3) is 0.600. The summed E-state index contributed by atoms with van der Waals surface area (Å²) in [4.78, 5) is 5.15. The molecule has 5 heteroatoms. The Kier molecular flexibility index (Phi) is 4.17. The monoisotopic (exact) mass is 291 g/mol. The van der Waals surface area contributed by atoms with Crippen LogP contribution in [0.1, 0.15) is 60.5 Å². The molecule has 0 radical (unpaired) electrons. The number of hydrogen-bond donors (Lipinski definition) is 1. The zero-order chi connectivity index (χ0) is 13.9. The SMILES string of the molecule is Cc1ncsc1C(O)Cc1ccn(C2CCCCC2)n1. The Hall–Kier alpha value is -1.20. The van der Waals surface area contributed by atoms with E-state index in [1.165, 1.54) is 43.4 Å². The van der Waals surface area contributed by atoms with E-state index in [0.29, 0.717) is 12.5 Å². The zero-order valence-electron chi connectivity index (χ0n) is 11.8. The van der Waals surface area contributed by atoms with E-state index in [1.807, 2.05) is 13.0 Å². The number of aromatic nitrogens is 3. The van der Waals surface area contributed by atoms with Crippen molar-refractivity contribution in [2.24, 2.45) is 0 Å². The van der Waals surface area contributed by atoms with Crippen molar-refractivity contribution in [2.45, 2.75) is 57.6 Å². The van der Waals surface area contributed by atoms with Gasteiger partial charge in [0.05, 0.1) is 33.9 Å². The molecular formula is C15H21N3OS. The number of aliphatic hydroxyl groups excluding tert-OH is 1. The Balaban J connectivity index is 1.66. The highest BCUT2D eigenvalue weighted by Gasteiger charge is 2.18. The summed E-state index contributed by atoms with van der Waals surface area (Å²) < 4.78 is 2.10. The predicted octanol–water partition coefficient (Wildman–Crippen LogP) is 3.43. The minimum Gasteiger partial charge on any atom is -0.387 e. The lowest BCUT2D eigenvalue weighted by Gasteiger charge is -2.21. The molecular weight excluding hydrogens is 270 g/mol. The van der Waals surface area contributed by atoms with Crippen LogP contribution in [0, 0.1) is 6.92 Å². The average Bonchev–Trinajstić information content (AvgIpc) is 3.09. The van der Waals surface area contributed by atoms with Crippen molar-refractivity contribution in [1.29, 1.82) is 0 Å². The highest BCUT2D eigenvalue weighted by molar-refractivity contribution is 7.09.